The zero-order chi connectivity index (χ0) is 10.4. The number of fused-ring (bicyclic) bond motifs is 1. The number of rotatable bonds is 3. The molecule has 1 aliphatic rings. The van der Waals surface area contributed by atoms with Crippen LogP contribution in [-0.4, -0.2) is 20.0 Å². The Morgan fingerprint density at radius 1 is 1.53 bits per heavy atom. The number of nitrogens with one attached hydrogen (secondary N) is 1. The first-order chi connectivity index (χ1) is 7.31. The molecule has 3 rings (SSSR count). The summed E-state index contributed by atoms with van der Waals surface area (Å²) in [6, 6.07) is 0. The predicted octanol–water partition coefficient (Wildman–Crippen LogP) is 1.63. The van der Waals surface area contributed by atoms with E-state index in [1.54, 1.807) is 0 Å². The molecule has 0 atom stereocenters. The molecule has 0 aliphatic heterocycles. The molecular formula is C10H15N5. The van der Waals surface area contributed by atoms with Crippen molar-refractivity contribution in [2.75, 3.05) is 5.73 Å². The number of hydrogen-bond donors (Lipinski definition) is 2. The van der Waals surface area contributed by atoms with Crippen molar-refractivity contribution in [3.05, 3.63) is 5.69 Å². The Labute approximate surface area is 87.6 Å². The number of aromatic amines is 1. The number of hydrogen-bond acceptors (Lipinski definition) is 3. The van der Waals surface area contributed by atoms with Gasteiger partial charge in [-0.3, -0.25) is 5.10 Å². The fourth-order valence-electron chi connectivity index (χ4n) is 2.02. The number of nitrogen functional groups attached to an aromatic ring is 1. The van der Waals surface area contributed by atoms with E-state index in [1.807, 2.05) is 4.68 Å². The van der Waals surface area contributed by atoms with Gasteiger partial charge in [-0.05, 0) is 19.3 Å². The summed E-state index contributed by atoms with van der Waals surface area (Å²) in [5, 5.41) is 12.7. The average molecular weight is 205 g/mol. The van der Waals surface area contributed by atoms with E-state index in [1.165, 1.54) is 12.8 Å². The van der Waals surface area contributed by atoms with Crippen LogP contribution >= 0.6 is 0 Å². The lowest BCUT2D eigenvalue weighted by Crippen LogP contribution is -2.00. The minimum Gasteiger partial charge on any atom is -0.383 e. The van der Waals surface area contributed by atoms with Crippen molar-refractivity contribution in [3.63, 3.8) is 0 Å². The smallest absolute Gasteiger partial charge is 0.182 e. The molecule has 0 aromatic carbocycles. The van der Waals surface area contributed by atoms with E-state index < -0.39 is 0 Å². The quantitative estimate of drug-likeness (QED) is 0.799. The number of nitrogens with two attached hydrogens (primary N) is 1. The fourth-order valence-corrected chi connectivity index (χ4v) is 2.02. The summed E-state index contributed by atoms with van der Waals surface area (Å²) >= 11 is 0. The second-order valence-electron chi connectivity index (χ2n) is 4.22. The van der Waals surface area contributed by atoms with Crippen molar-refractivity contribution in [1.82, 2.24) is 20.0 Å². The summed E-state index contributed by atoms with van der Waals surface area (Å²) < 4.78 is 1.97. The highest BCUT2D eigenvalue weighted by Gasteiger charge is 2.30. The van der Waals surface area contributed by atoms with Crippen LogP contribution in [0.3, 0.4) is 0 Å². The van der Waals surface area contributed by atoms with Gasteiger partial charge in [0.2, 0.25) is 0 Å². The lowest BCUT2D eigenvalue weighted by Gasteiger charge is -1.96. The van der Waals surface area contributed by atoms with E-state index in [0.717, 1.165) is 29.7 Å². The molecule has 1 fully saturated rings. The number of nitrogens with zero attached hydrogens (tertiary/aromatic N) is 3. The summed E-state index contributed by atoms with van der Waals surface area (Å²) in [4.78, 5) is 0. The molecule has 3 N–H and O–H groups in total. The molecule has 2 aromatic heterocycles. The van der Waals surface area contributed by atoms with Crippen molar-refractivity contribution in [2.24, 2.45) is 0 Å². The molecule has 1 saturated carbocycles. The number of anilines is 1. The molecule has 15 heavy (non-hydrogen) atoms. The lowest BCUT2D eigenvalue weighted by atomic mass is 10.2. The van der Waals surface area contributed by atoms with Crippen LogP contribution in [0.15, 0.2) is 0 Å². The standard InChI is InChI=1S/C10H15N5/c1-2-5-15-10-7(9(11)12-13-10)8(14-15)6-3-4-6/h6H,2-5H2,1H3,(H3,11,12,13). The van der Waals surface area contributed by atoms with Crippen LogP contribution in [0.25, 0.3) is 11.0 Å². The fraction of sp³-hybridized carbons (Fsp3) is 0.600. The largest absolute Gasteiger partial charge is 0.383 e. The molecular weight excluding hydrogens is 190 g/mol. The molecule has 2 aromatic rings. The zero-order valence-electron chi connectivity index (χ0n) is 8.82. The maximum Gasteiger partial charge on any atom is 0.182 e. The summed E-state index contributed by atoms with van der Waals surface area (Å²) in [6.07, 6.45) is 3.54. The maximum absolute atomic E-state index is 5.88. The van der Waals surface area contributed by atoms with Gasteiger partial charge in [0.05, 0.1) is 11.1 Å². The minimum absolute atomic E-state index is 0.616. The topological polar surface area (TPSA) is 72.5 Å². The summed E-state index contributed by atoms with van der Waals surface area (Å²) in [6.45, 7) is 3.05. The predicted molar refractivity (Wildman–Crippen MR) is 58.6 cm³/mol. The Bertz CT molecular complexity index is 491. The van der Waals surface area contributed by atoms with E-state index in [4.69, 9.17) is 5.73 Å². The monoisotopic (exact) mass is 205 g/mol. The lowest BCUT2D eigenvalue weighted by molar-refractivity contribution is 0.605. The third-order valence-corrected chi connectivity index (χ3v) is 2.90. The maximum atomic E-state index is 5.88. The van der Waals surface area contributed by atoms with Crippen LogP contribution in [0.5, 0.6) is 0 Å². The Morgan fingerprint density at radius 2 is 2.33 bits per heavy atom. The highest BCUT2D eigenvalue weighted by atomic mass is 15.3. The molecule has 5 heteroatoms. The van der Waals surface area contributed by atoms with Crippen LogP contribution in [0.2, 0.25) is 0 Å². The molecule has 2 heterocycles. The van der Waals surface area contributed by atoms with Gasteiger partial charge in [-0.1, -0.05) is 6.92 Å². The van der Waals surface area contributed by atoms with Crippen LogP contribution in [0, 0.1) is 0 Å². The van der Waals surface area contributed by atoms with Crippen molar-refractivity contribution >= 4 is 16.9 Å². The van der Waals surface area contributed by atoms with Crippen molar-refractivity contribution < 1.29 is 0 Å². The SMILES string of the molecule is CCCn1nc(C2CC2)c2c(N)[nH]nc21. The van der Waals surface area contributed by atoms with Gasteiger partial charge in [-0.2, -0.15) is 10.2 Å². The van der Waals surface area contributed by atoms with Crippen molar-refractivity contribution in [3.8, 4) is 0 Å². The van der Waals surface area contributed by atoms with Gasteiger partial charge in [0.15, 0.2) is 5.65 Å². The van der Waals surface area contributed by atoms with E-state index in [9.17, 15) is 0 Å². The molecule has 1 aliphatic carbocycles. The van der Waals surface area contributed by atoms with Gasteiger partial charge in [-0.15, -0.1) is 0 Å². The zero-order valence-corrected chi connectivity index (χ0v) is 8.82. The van der Waals surface area contributed by atoms with Crippen molar-refractivity contribution in [1.29, 1.82) is 0 Å². The molecule has 0 saturated heterocycles. The van der Waals surface area contributed by atoms with Crippen LogP contribution in [0.1, 0.15) is 37.8 Å². The van der Waals surface area contributed by atoms with E-state index in [0.29, 0.717) is 11.7 Å². The number of aromatic nitrogens is 4. The average Bonchev–Trinajstić information content (AvgIpc) is 2.90. The Hall–Kier alpha value is -1.52. The van der Waals surface area contributed by atoms with Crippen LogP contribution in [0.4, 0.5) is 5.82 Å². The Morgan fingerprint density at radius 3 is 3.00 bits per heavy atom. The third-order valence-electron chi connectivity index (χ3n) is 2.90. The minimum atomic E-state index is 0.616. The molecule has 0 unspecified atom stereocenters. The van der Waals surface area contributed by atoms with Gasteiger partial charge in [0.1, 0.15) is 5.82 Å². The van der Waals surface area contributed by atoms with Gasteiger partial charge in [0, 0.05) is 12.5 Å². The second-order valence-corrected chi connectivity index (χ2v) is 4.22. The molecule has 5 nitrogen and oxygen atoms in total. The third kappa shape index (κ3) is 1.22. The van der Waals surface area contributed by atoms with Crippen molar-refractivity contribution in [2.45, 2.75) is 38.6 Å². The Balaban J connectivity index is 2.20. The highest BCUT2D eigenvalue weighted by molar-refractivity contribution is 5.89. The second kappa shape index (κ2) is 2.98. The van der Waals surface area contributed by atoms with E-state index in [-0.39, 0.29) is 0 Å². The van der Waals surface area contributed by atoms with Crippen LogP contribution < -0.4 is 5.73 Å². The number of aryl methyl sites for hydroxylation is 1. The first kappa shape index (κ1) is 8.76. The summed E-state index contributed by atoms with van der Waals surface area (Å²) in [5.41, 5.74) is 7.94. The summed E-state index contributed by atoms with van der Waals surface area (Å²) in [5.74, 6) is 1.28. The summed E-state index contributed by atoms with van der Waals surface area (Å²) in [7, 11) is 0. The molecule has 80 valence electrons. The van der Waals surface area contributed by atoms with Crippen LogP contribution in [-0.2, 0) is 6.54 Å². The Kier molecular flexibility index (Phi) is 1.74. The van der Waals surface area contributed by atoms with Gasteiger partial charge >= 0.3 is 0 Å². The molecule has 0 bridgehead atoms. The van der Waals surface area contributed by atoms with Gasteiger partial charge < -0.3 is 5.73 Å². The normalized spacial score (nSPS) is 16.3. The molecule has 0 amide bonds. The van der Waals surface area contributed by atoms with E-state index >= 15 is 0 Å². The highest BCUT2D eigenvalue weighted by Crippen LogP contribution is 2.43. The first-order valence-corrected chi connectivity index (χ1v) is 5.51. The number of H-pyrrole nitrogens is 1. The first-order valence-electron chi connectivity index (χ1n) is 5.51. The molecule has 0 spiro atoms. The van der Waals surface area contributed by atoms with E-state index in [2.05, 4.69) is 22.2 Å². The van der Waals surface area contributed by atoms with Gasteiger partial charge in [-0.25, -0.2) is 4.68 Å². The van der Waals surface area contributed by atoms with Gasteiger partial charge in [0.25, 0.3) is 0 Å². The molecule has 0 radical (unpaired) electrons.